The first kappa shape index (κ1) is 26.6. The second-order valence-electron chi connectivity index (χ2n) is 9.93. The Morgan fingerprint density at radius 1 is 1.11 bits per heavy atom. The summed E-state index contributed by atoms with van der Waals surface area (Å²) in [7, 11) is -3.87. The van der Waals surface area contributed by atoms with Crippen molar-refractivity contribution in [2.24, 2.45) is 5.92 Å². The number of sulfonamides is 1. The Morgan fingerprint density at radius 2 is 1.91 bits per heavy atom. The summed E-state index contributed by atoms with van der Waals surface area (Å²) in [5, 5.41) is 3.05. The van der Waals surface area contributed by atoms with E-state index < -0.39 is 10.0 Å². The molecule has 0 spiro atoms. The summed E-state index contributed by atoms with van der Waals surface area (Å²) >= 11 is 3.45. The third kappa shape index (κ3) is 5.76. The summed E-state index contributed by atoms with van der Waals surface area (Å²) < 4.78 is 29.7. The zero-order chi connectivity index (χ0) is 25.2. The van der Waals surface area contributed by atoms with Crippen LogP contribution in [0.4, 0.5) is 5.69 Å². The van der Waals surface area contributed by atoms with Crippen molar-refractivity contribution in [3.8, 4) is 0 Å². The molecule has 3 aliphatic rings. The van der Waals surface area contributed by atoms with E-state index in [1.54, 1.807) is 17.9 Å². The van der Waals surface area contributed by atoms with E-state index in [4.69, 9.17) is 0 Å². The van der Waals surface area contributed by atoms with E-state index in [1.807, 2.05) is 6.07 Å². The summed E-state index contributed by atoms with van der Waals surface area (Å²) in [6.07, 6.45) is 5.92. The zero-order valence-corrected chi connectivity index (χ0v) is 23.2. The number of amides is 2. The van der Waals surface area contributed by atoms with E-state index >= 15 is 0 Å². The molecule has 0 radical (unpaired) electrons. The van der Waals surface area contributed by atoms with Crippen LogP contribution in [-0.2, 0) is 26.0 Å². The number of benzene rings is 1. The van der Waals surface area contributed by atoms with E-state index in [-0.39, 0.29) is 29.2 Å². The molecular formula is C25H37BrN4O4S. The van der Waals surface area contributed by atoms with Crippen molar-refractivity contribution < 1.29 is 18.0 Å². The Morgan fingerprint density at radius 3 is 2.66 bits per heavy atom. The number of carbonyl (C=O) groups is 2. The molecule has 8 nitrogen and oxygen atoms in total. The van der Waals surface area contributed by atoms with Crippen molar-refractivity contribution in [1.82, 2.24) is 14.5 Å². The number of piperidine rings is 2. The van der Waals surface area contributed by atoms with Crippen LogP contribution in [0, 0.1) is 5.92 Å². The van der Waals surface area contributed by atoms with Gasteiger partial charge in [0.15, 0.2) is 0 Å². The predicted molar refractivity (Wildman–Crippen MR) is 140 cm³/mol. The summed E-state index contributed by atoms with van der Waals surface area (Å²) in [5.41, 5.74) is 1.36. The number of halogens is 1. The quantitative estimate of drug-likeness (QED) is 0.545. The molecule has 0 saturated carbocycles. The van der Waals surface area contributed by atoms with E-state index in [0.29, 0.717) is 61.5 Å². The highest BCUT2D eigenvalue weighted by molar-refractivity contribution is 9.10. The van der Waals surface area contributed by atoms with Crippen LogP contribution in [0.15, 0.2) is 21.5 Å². The fourth-order valence-corrected chi connectivity index (χ4v) is 8.02. The molecule has 3 aliphatic heterocycles. The van der Waals surface area contributed by atoms with Gasteiger partial charge in [0.05, 0.1) is 11.6 Å². The Labute approximate surface area is 217 Å². The van der Waals surface area contributed by atoms with Crippen LogP contribution in [0.5, 0.6) is 0 Å². The number of likely N-dealkylation sites (tertiary alicyclic amines) is 1. The SMILES string of the molecule is CCC(=O)N1CCc2cc(Br)cc(S(=O)(=O)N3CCCC(C(=O)NCCN4CCCCC4C)C3)c21. The molecule has 1 aromatic rings. The van der Waals surface area contributed by atoms with Gasteiger partial charge in [-0.1, -0.05) is 29.3 Å². The molecule has 0 aromatic heterocycles. The minimum atomic E-state index is -3.87. The number of fused-ring (bicyclic) bond motifs is 1. The van der Waals surface area contributed by atoms with Gasteiger partial charge in [-0.25, -0.2) is 8.42 Å². The Bertz CT molecular complexity index is 1060. The summed E-state index contributed by atoms with van der Waals surface area (Å²) in [6.45, 7) is 7.53. The maximum Gasteiger partial charge on any atom is 0.245 e. The second kappa shape index (κ2) is 11.3. The van der Waals surface area contributed by atoms with Crippen molar-refractivity contribution in [3.63, 3.8) is 0 Å². The van der Waals surface area contributed by atoms with E-state index in [1.165, 1.54) is 23.6 Å². The lowest BCUT2D eigenvalue weighted by Gasteiger charge is -2.34. The molecule has 1 aromatic carbocycles. The fourth-order valence-electron chi connectivity index (χ4n) is 5.58. The first-order valence-corrected chi connectivity index (χ1v) is 15.1. The summed E-state index contributed by atoms with van der Waals surface area (Å²) in [5.74, 6) is -0.524. The van der Waals surface area contributed by atoms with Crippen LogP contribution < -0.4 is 10.2 Å². The fraction of sp³-hybridized carbons (Fsp3) is 0.680. The van der Waals surface area contributed by atoms with E-state index in [9.17, 15) is 18.0 Å². The first-order chi connectivity index (χ1) is 16.7. The van der Waals surface area contributed by atoms with E-state index in [0.717, 1.165) is 18.7 Å². The van der Waals surface area contributed by atoms with Crippen molar-refractivity contribution in [2.45, 2.75) is 69.7 Å². The van der Waals surface area contributed by atoms with Crippen LogP contribution in [0.3, 0.4) is 0 Å². The Balaban J connectivity index is 1.46. The van der Waals surface area contributed by atoms with Crippen molar-refractivity contribution in [3.05, 3.63) is 22.2 Å². The van der Waals surface area contributed by atoms with Gasteiger partial charge in [-0.3, -0.25) is 14.5 Å². The lowest BCUT2D eigenvalue weighted by Crippen LogP contribution is -2.47. The monoisotopic (exact) mass is 568 g/mol. The second-order valence-corrected chi connectivity index (χ2v) is 12.8. The van der Waals surface area contributed by atoms with Gasteiger partial charge in [0.1, 0.15) is 4.90 Å². The highest BCUT2D eigenvalue weighted by Crippen LogP contribution is 2.39. The molecule has 35 heavy (non-hydrogen) atoms. The number of carbonyl (C=O) groups excluding carboxylic acids is 2. The van der Waals surface area contributed by atoms with Crippen molar-refractivity contribution >= 4 is 43.5 Å². The summed E-state index contributed by atoms with van der Waals surface area (Å²) in [6, 6.07) is 4.04. The van der Waals surface area contributed by atoms with E-state index in [2.05, 4.69) is 33.1 Å². The average Bonchev–Trinajstić information content (AvgIpc) is 3.27. The number of anilines is 1. The topological polar surface area (TPSA) is 90.0 Å². The molecular weight excluding hydrogens is 532 g/mol. The van der Waals surface area contributed by atoms with Crippen molar-refractivity contribution in [2.75, 3.05) is 44.2 Å². The normalized spacial score (nSPS) is 23.8. The first-order valence-electron chi connectivity index (χ1n) is 12.9. The van der Waals surface area contributed by atoms with Crippen molar-refractivity contribution in [1.29, 1.82) is 0 Å². The number of hydrogen-bond donors (Lipinski definition) is 1. The number of rotatable bonds is 7. The molecule has 3 heterocycles. The number of nitrogens with zero attached hydrogens (tertiary/aromatic N) is 3. The van der Waals surface area contributed by atoms with Gasteiger partial charge < -0.3 is 10.2 Å². The molecule has 1 N–H and O–H groups in total. The zero-order valence-electron chi connectivity index (χ0n) is 20.8. The Hall–Kier alpha value is -1.49. The molecule has 194 valence electrons. The predicted octanol–water partition coefficient (Wildman–Crippen LogP) is 3.14. The largest absolute Gasteiger partial charge is 0.355 e. The minimum absolute atomic E-state index is 0.0724. The average molecular weight is 570 g/mol. The molecule has 2 amide bonds. The molecule has 2 atom stereocenters. The van der Waals surface area contributed by atoms with Gasteiger partial charge >= 0.3 is 0 Å². The highest BCUT2D eigenvalue weighted by Gasteiger charge is 2.38. The molecule has 10 heteroatoms. The maximum absolute atomic E-state index is 13.8. The Kier molecular flexibility index (Phi) is 8.56. The molecule has 2 fully saturated rings. The van der Waals surface area contributed by atoms with Crippen LogP contribution in [0.2, 0.25) is 0 Å². The smallest absolute Gasteiger partial charge is 0.245 e. The minimum Gasteiger partial charge on any atom is -0.355 e. The number of hydrogen-bond acceptors (Lipinski definition) is 5. The van der Waals surface area contributed by atoms with Gasteiger partial charge in [0.25, 0.3) is 0 Å². The third-order valence-corrected chi connectivity index (χ3v) is 9.94. The third-order valence-electron chi connectivity index (χ3n) is 7.61. The molecule has 2 saturated heterocycles. The molecule has 4 rings (SSSR count). The van der Waals surface area contributed by atoms with Crippen LogP contribution >= 0.6 is 15.9 Å². The lowest BCUT2D eigenvalue weighted by atomic mass is 9.99. The van der Waals surface area contributed by atoms with Gasteiger partial charge in [-0.15, -0.1) is 0 Å². The van der Waals surface area contributed by atoms with Crippen LogP contribution in [-0.4, -0.2) is 74.7 Å². The maximum atomic E-state index is 13.8. The lowest BCUT2D eigenvalue weighted by molar-refractivity contribution is -0.126. The molecule has 2 unspecified atom stereocenters. The summed E-state index contributed by atoms with van der Waals surface area (Å²) in [4.78, 5) is 29.7. The van der Waals surface area contributed by atoms with Crippen LogP contribution in [0.25, 0.3) is 0 Å². The van der Waals surface area contributed by atoms with Gasteiger partial charge in [-0.05, 0) is 63.3 Å². The molecule has 0 bridgehead atoms. The highest BCUT2D eigenvalue weighted by atomic mass is 79.9. The molecule has 0 aliphatic carbocycles. The number of nitrogens with one attached hydrogen (secondary N) is 1. The standard InChI is InChI=1S/C25H37BrN4O4S/c1-3-23(31)30-13-9-19-15-21(26)16-22(24(19)30)35(33,34)29-12-6-8-20(17-29)25(32)27-10-14-28-11-5-4-7-18(28)2/h15-16,18,20H,3-14,17H2,1-2H3,(H,27,32). The van der Waals surface area contributed by atoms with Gasteiger partial charge in [0, 0.05) is 49.7 Å². The van der Waals surface area contributed by atoms with Crippen LogP contribution in [0.1, 0.15) is 57.9 Å². The van der Waals surface area contributed by atoms with Gasteiger partial charge in [-0.2, -0.15) is 4.31 Å². The van der Waals surface area contributed by atoms with Gasteiger partial charge in [0.2, 0.25) is 21.8 Å².